The number of hydrogen-bond donors (Lipinski definition) is 1. The molecule has 20 heavy (non-hydrogen) atoms. The fourth-order valence-corrected chi connectivity index (χ4v) is 2.84. The van der Waals surface area contributed by atoms with Crippen molar-refractivity contribution in [3.63, 3.8) is 0 Å². The first kappa shape index (κ1) is 15.4. The van der Waals surface area contributed by atoms with Crippen LogP contribution in [0, 0.1) is 5.92 Å². The molecule has 1 unspecified atom stereocenters. The van der Waals surface area contributed by atoms with E-state index in [2.05, 4.69) is 0 Å². The molecule has 0 bridgehead atoms. The Morgan fingerprint density at radius 3 is 2.50 bits per heavy atom. The zero-order valence-electron chi connectivity index (χ0n) is 12.0. The highest BCUT2D eigenvalue weighted by Gasteiger charge is 2.29. The molecule has 2 N–H and O–H groups in total. The first-order valence-corrected chi connectivity index (χ1v) is 8.11. The van der Waals surface area contributed by atoms with Gasteiger partial charge in [0.2, 0.25) is 5.91 Å². The van der Waals surface area contributed by atoms with Gasteiger partial charge in [0.25, 0.3) is 0 Å². The number of anilines is 1. The van der Waals surface area contributed by atoms with Crippen molar-refractivity contribution < 1.29 is 9.53 Å². The number of amides is 1. The lowest BCUT2D eigenvalue weighted by molar-refractivity contribution is -0.121. The Bertz CT molecular complexity index is 444. The largest absolute Gasteiger partial charge is 0.381 e. The van der Waals surface area contributed by atoms with Crippen LogP contribution in [0.15, 0.2) is 29.2 Å². The Labute approximate surface area is 124 Å². The molecule has 1 saturated heterocycles. The van der Waals surface area contributed by atoms with Crippen LogP contribution < -0.4 is 10.6 Å². The van der Waals surface area contributed by atoms with Gasteiger partial charge in [-0.05, 0) is 49.3 Å². The van der Waals surface area contributed by atoms with Crippen molar-refractivity contribution in [1.29, 1.82) is 0 Å². The van der Waals surface area contributed by atoms with Crippen LogP contribution in [-0.4, -0.2) is 38.5 Å². The standard InChI is InChI=1S/C15H22N2O2S/c1-17(12-3-5-13(20-2)6-4-12)15(18)14(16)11-7-9-19-10-8-11/h3-6,11,14H,7-10,16H2,1-2H3. The summed E-state index contributed by atoms with van der Waals surface area (Å²) in [6, 6.07) is 7.51. The molecule has 0 aliphatic carbocycles. The smallest absolute Gasteiger partial charge is 0.243 e. The second-order valence-electron chi connectivity index (χ2n) is 5.07. The molecule has 1 aromatic carbocycles. The summed E-state index contributed by atoms with van der Waals surface area (Å²) < 4.78 is 5.32. The lowest BCUT2D eigenvalue weighted by Gasteiger charge is -2.29. The third-order valence-electron chi connectivity index (χ3n) is 3.85. The van der Waals surface area contributed by atoms with Crippen LogP contribution in [-0.2, 0) is 9.53 Å². The van der Waals surface area contributed by atoms with Crippen molar-refractivity contribution in [3.8, 4) is 0 Å². The molecule has 4 nitrogen and oxygen atoms in total. The van der Waals surface area contributed by atoms with Crippen LogP contribution in [0.2, 0.25) is 0 Å². The normalized spacial score (nSPS) is 17.8. The predicted molar refractivity (Wildman–Crippen MR) is 83.2 cm³/mol. The van der Waals surface area contributed by atoms with Gasteiger partial charge < -0.3 is 15.4 Å². The van der Waals surface area contributed by atoms with E-state index in [0.29, 0.717) is 13.2 Å². The van der Waals surface area contributed by atoms with E-state index >= 15 is 0 Å². The maximum absolute atomic E-state index is 12.5. The highest BCUT2D eigenvalue weighted by molar-refractivity contribution is 7.98. The van der Waals surface area contributed by atoms with Gasteiger partial charge in [-0.3, -0.25) is 4.79 Å². The number of nitrogens with two attached hydrogens (primary N) is 1. The molecule has 1 aromatic rings. The summed E-state index contributed by atoms with van der Waals surface area (Å²) in [5.74, 6) is 0.206. The van der Waals surface area contributed by atoms with Gasteiger partial charge >= 0.3 is 0 Å². The van der Waals surface area contributed by atoms with Gasteiger partial charge in [0, 0.05) is 30.8 Å². The van der Waals surface area contributed by atoms with Gasteiger partial charge in [-0.25, -0.2) is 0 Å². The predicted octanol–water partition coefficient (Wildman–Crippen LogP) is 2.13. The van der Waals surface area contributed by atoms with Gasteiger partial charge in [-0.15, -0.1) is 11.8 Å². The number of likely N-dealkylation sites (N-methyl/N-ethyl adjacent to an activating group) is 1. The molecule has 5 heteroatoms. The molecule has 2 rings (SSSR count). The highest BCUT2D eigenvalue weighted by Crippen LogP contribution is 2.23. The molecule has 0 spiro atoms. The molecular weight excluding hydrogens is 272 g/mol. The zero-order valence-corrected chi connectivity index (χ0v) is 12.9. The Kier molecular flexibility index (Phi) is 5.46. The van der Waals surface area contributed by atoms with E-state index in [0.717, 1.165) is 18.5 Å². The average molecular weight is 294 g/mol. The number of hydrogen-bond acceptors (Lipinski definition) is 4. The Balaban J connectivity index is 2.02. The maximum Gasteiger partial charge on any atom is 0.243 e. The molecule has 1 amide bonds. The van der Waals surface area contributed by atoms with Gasteiger partial charge in [0.1, 0.15) is 0 Å². The summed E-state index contributed by atoms with van der Waals surface area (Å²) in [5, 5.41) is 0. The van der Waals surface area contributed by atoms with Crippen LogP contribution in [0.4, 0.5) is 5.69 Å². The van der Waals surface area contributed by atoms with E-state index in [-0.39, 0.29) is 11.8 Å². The lowest BCUT2D eigenvalue weighted by Crippen LogP contribution is -2.47. The molecule has 1 aliphatic rings. The van der Waals surface area contributed by atoms with Gasteiger partial charge in [0.05, 0.1) is 6.04 Å². The molecular formula is C15H22N2O2S. The van der Waals surface area contributed by atoms with Crippen molar-refractivity contribution in [2.45, 2.75) is 23.8 Å². The maximum atomic E-state index is 12.5. The molecule has 0 radical (unpaired) electrons. The Morgan fingerprint density at radius 1 is 1.35 bits per heavy atom. The van der Waals surface area contributed by atoms with Crippen molar-refractivity contribution in [2.24, 2.45) is 11.7 Å². The second kappa shape index (κ2) is 7.11. The summed E-state index contributed by atoms with van der Waals surface area (Å²) in [5.41, 5.74) is 7.02. The van der Waals surface area contributed by atoms with Crippen LogP contribution in [0.25, 0.3) is 0 Å². The number of carbonyl (C=O) groups is 1. The number of benzene rings is 1. The van der Waals surface area contributed by atoms with Gasteiger partial charge in [0.15, 0.2) is 0 Å². The number of nitrogens with zero attached hydrogens (tertiary/aromatic N) is 1. The fraction of sp³-hybridized carbons (Fsp3) is 0.533. The van der Waals surface area contributed by atoms with Crippen LogP contribution in [0.5, 0.6) is 0 Å². The summed E-state index contributed by atoms with van der Waals surface area (Å²) >= 11 is 1.68. The molecule has 1 atom stereocenters. The number of ether oxygens (including phenoxy) is 1. The molecule has 1 aliphatic heterocycles. The fourth-order valence-electron chi connectivity index (χ4n) is 2.43. The molecule has 110 valence electrons. The molecule has 0 aromatic heterocycles. The summed E-state index contributed by atoms with van der Waals surface area (Å²) in [7, 11) is 1.79. The first-order valence-electron chi connectivity index (χ1n) is 6.88. The van der Waals surface area contributed by atoms with E-state index in [1.165, 1.54) is 4.90 Å². The van der Waals surface area contributed by atoms with E-state index < -0.39 is 6.04 Å². The van der Waals surface area contributed by atoms with Gasteiger partial charge in [-0.1, -0.05) is 0 Å². The molecule has 1 fully saturated rings. The van der Waals surface area contributed by atoms with E-state index in [9.17, 15) is 4.79 Å². The Morgan fingerprint density at radius 2 is 1.95 bits per heavy atom. The van der Waals surface area contributed by atoms with Crippen LogP contribution in [0.1, 0.15) is 12.8 Å². The second-order valence-corrected chi connectivity index (χ2v) is 5.95. The van der Waals surface area contributed by atoms with E-state index in [1.54, 1.807) is 23.7 Å². The van der Waals surface area contributed by atoms with Crippen LogP contribution in [0.3, 0.4) is 0 Å². The summed E-state index contributed by atoms with van der Waals surface area (Å²) in [6.45, 7) is 1.41. The minimum Gasteiger partial charge on any atom is -0.381 e. The van der Waals surface area contributed by atoms with Crippen molar-refractivity contribution in [1.82, 2.24) is 0 Å². The number of carbonyl (C=O) groups excluding carboxylic acids is 1. The van der Waals surface area contributed by atoms with Gasteiger partial charge in [-0.2, -0.15) is 0 Å². The summed E-state index contributed by atoms with van der Waals surface area (Å²) in [6.07, 6.45) is 3.77. The average Bonchev–Trinajstić information content (AvgIpc) is 2.53. The monoisotopic (exact) mass is 294 g/mol. The van der Waals surface area contributed by atoms with E-state index in [1.807, 2.05) is 30.5 Å². The van der Waals surface area contributed by atoms with Crippen LogP contribution >= 0.6 is 11.8 Å². The lowest BCUT2D eigenvalue weighted by atomic mass is 9.91. The Hall–Kier alpha value is -1.04. The third-order valence-corrected chi connectivity index (χ3v) is 4.59. The van der Waals surface area contributed by atoms with Crippen molar-refractivity contribution in [3.05, 3.63) is 24.3 Å². The minimum absolute atomic E-state index is 0.0196. The quantitative estimate of drug-likeness (QED) is 0.864. The molecule has 1 heterocycles. The zero-order chi connectivity index (χ0) is 14.5. The minimum atomic E-state index is -0.441. The first-order chi connectivity index (χ1) is 9.63. The topological polar surface area (TPSA) is 55.6 Å². The van der Waals surface area contributed by atoms with Crippen molar-refractivity contribution >= 4 is 23.4 Å². The SMILES string of the molecule is CSc1ccc(N(C)C(=O)C(N)C2CCOCC2)cc1. The highest BCUT2D eigenvalue weighted by atomic mass is 32.2. The molecule has 0 saturated carbocycles. The number of rotatable bonds is 4. The number of thioether (sulfide) groups is 1. The van der Waals surface area contributed by atoms with E-state index in [4.69, 9.17) is 10.5 Å². The van der Waals surface area contributed by atoms with Crippen molar-refractivity contribution in [2.75, 3.05) is 31.4 Å². The third kappa shape index (κ3) is 3.53. The summed E-state index contributed by atoms with van der Waals surface area (Å²) in [4.78, 5) is 15.3.